The van der Waals surface area contributed by atoms with Gasteiger partial charge in [0.2, 0.25) is 5.91 Å². The topological polar surface area (TPSA) is 32.3 Å². The maximum absolute atomic E-state index is 11.7. The number of carbonyl (C=O) groups excluding carboxylic acids is 1. The summed E-state index contributed by atoms with van der Waals surface area (Å²) in [6.07, 6.45) is 0. The summed E-state index contributed by atoms with van der Waals surface area (Å²) in [6, 6.07) is 9.53. The van der Waals surface area contributed by atoms with Crippen LogP contribution in [0.4, 0.5) is 5.69 Å². The van der Waals surface area contributed by atoms with Crippen molar-refractivity contribution in [1.82, 2.24) is 4.90 Å². The van der Waals surface area contributed by atoms with Crippen LogP contribution in [0, 0.1) is 5.92 Å². The average molecular weight is 206 g/mol. The third-order valence-electron chi connectivity index (χ3n) is 2.13. The van der Waals surface area contributed by atoms with Gasteiger partial charge in [0, 0.05) is 18.2 Å². The van der Waals surface area contributed by atoms with Crippen molar-refractivity contribution in [2.75, 3.05) is 26.0 Å². The lowest BCUT2D eigenvalue weighted by Gasteiger charge is -2.16. The van der Waals surface area contributed by atoms with Crippen LogP contribution < -0.4 is 5.32 Å². The molecule has 0 aliphatic heterocycles. The first-order valence-electron chi connectivity index (χ1n) is 5.10. The van der Waals surface area contributed by atoms with E-state index in [1.54, 1.807) is 0 Å². The monoisotopic (exact) mass is 206 g/mol. The van der Waals surface area contributed by atoms with Gasteiger partial charge < -0.3 is 10.2 Å². The van der Waals surface area contributed by atoms with Gasteiger partial charge in [-0.1, -0.05) is 25.1 Å². The second kappa shape index (κ2) is 5.51. The molecule has 0 aliphatic rings. The normalized spacial score (nSPS) is 12.5. The molecular weight excluding hydrogens is 188 g/mol. The van der Waals surface area contributed by atoms with Gasteiger partial charge in [-0.15, -0.1) is 0 Å². The van der Waals surface area contributed by atoms with E-state index in [1.807, 2.05) is 56.3 Å². The Hall–Kier alpha value is -1.35. The molecule has 1 amide bonds. The van der Waals surface area contributed by atoms with Crippen molar-refractivity contribution in [2.24, 2.45) is 5.92 Å². The van der Waals surface area contributed by atoms with E-state index in [0.29, 0.717) is 0 Å². The van der Waals surface area contributed by atoms with Crippen molar-refractivity contribution in [3.8, 4) is 0 Å². The van der Waals surface area contributed by atoms with E-state index in [4.69, 9.17) is 0 Å². The summed E-state index contributed by atoms with van der Waals surface area (Å²) >= 11 is 0. The first-order chi connectivity index (χ1) is 7.09. The summed E-state index contributed by atoms with van der Waals surface area (Å²) in [4.78, 5) is 13.7. The van der Waals surface area contributed by atoms with Gasteiger partial charge in [0.15, 0.2) is 0 Å². The Labute approximate surface area is 91.1 Å². The van der Waals surface area contributed by atoms with Crippen LogP contribution in [0.1, 0.15) is 6.92 Å². The van der Waals surface area contributed by atoms with Crippen LogP contribution in [-0.4, -0.2) is 31.4 Å². The molecule has 0 heterocycles. The maximum atomic E-state index is 11.7. The summed E-state index contributed by atoms with van der Waals surface area (Å²) in [5.41, 5.74) is 0.855. The van der Waals surface area contributed by atoms with Gasteiger partial charge in [0.05, 0.1) is 0 Å². The molecule has 0 aliphatic carbocycles. The second-order valence-electron chi connectivity index (χ2n) is 4.02. The van der Waals surface area contributed by atoms with Gasteiger partial charge in [-0.2, -0.15) is 0 Å². The Bertz CT molecular complexity index is 309. The van der Waals surface area contributed by atoms with Gasteiger partial charge >= 0.3 is 0 Å². The van der Waals surface area contributed by atoms with E-state index in [0.717, 1.165) is 12.2 Å². The minimum atomic E-state index is 0.000191. The minimum absolute atomic E-state index is 0.000191. The number of nitrogens with zero attached hydrogens (tertiary/aromatic N) is 1. The highest BCUT2D eigenvalue weighted by molar-refractivity contribution is 5.92. The van der Waals surface area contributed by atoms with Crippen LogP contribution in [0.5, 0.6) is 0 Å². The second-order valence-corrected chi connectivity index (χ2v) is 4.02. The lowest BCUT2D eigenvalue weighted by Crippen LogP contribution is -2.29. The molecule has 1 aromatic rings. The number of anilines is 1. The third-order valence-corrected chi connectivity index (χ3v) is 2.13. The van der Waals surface area contributed by atoms with Crippen LogP contribution in [0.3, 0.4) is 0 Å². The first kappa shape index (κ1) is 11.7. The molecule has 1 rings (SSSR count). The number of para-hydroxylation sites is 1. The third kappa shape index (κ3) is 4.13. The average Bonchev–Trinajstić information content (AvgIpc) is 2.18. The highest BCUT2D eigenvalue weighted by Crippen LogP contribution is 2.07. The van der Waals surface area contributed by atoms with Crippen molar-refractivity contribution < 1.29 is 4.79 Å². The van der Waals surface area contributed by atoms with Crippen molar-refractivity contribution in [1.29, 1.82) is 0 Å². The van der Waals surface area contributed by atoms with Crippen molar-refractivity contribution >= 4 is 11.6 Å². The molecular formula is C12H18N2O. The SMILES string of the molecule is CC(CN(C)C)C(=O)Nc1ccccc1. The molecule has 0 fully saturated rings. The molecule has 0 spiro atoms. The summed E-state index contributed by atoms with van der Waals surface area (Å²) in [5, 5.41) is 2.88. The van der Waals surface area contributed by atoms with E-state index in [9.17, 15) is 4.79 Å². The van der Waals surface area contributed by atoms with Crippen LogP contribution in [0.25, 0.3) is 0 Å². The van der Waals surface area contributed by atoms with E-state index in [1.165, 1.54) is 0 Å². The highest BCUT2D eigenvalue weighted by Gasteiger charge is 2.13. The molecule has 15 heavy (non-hydrogen) atoms. The van der Waals surface area contributed by atoms with Crippen LogP contribution in [0.15, 0.2) is 30.3 Å². The van der Waals surface area contributed by atoms with Gasteiger partial charge in [-0.25, -0.2) is 0 Å². The highest BCUT2D eigenvalue weighted by atomic mass is 16.1. The first-order valence-corrected chi connectivity index (χ1v) is 5.10. The van der Waals surface area contributed by atoms with Crippen LogP contribution >= 0.6 is 0 Å². The summed E-state index contributed by atoms with van der Waals surface area (Å²) < 4.78 is 0. The molecule has 3 nitrogen and oxygen atoms in total. The Morgan fingerprint density at radius 2 is 1.93 bits per heavy atom. The molecule has 1 atom stereocenters. The van der Waals surface area contributed by atoms with E-state index in [-0.39, 0.29) is 11.8 Å². The number of rotatable bonds is 4. The van der Waals surface area contributed by atoms with Gasteiger partial charge in [0.1, 0.15) is 0 Å². The number of benzene rings is 1. The predicted octanol–water partition coefficient (Wildman–Crippen LogP) is 1.82. The fourth-order valence-corrected chi connectivity index (χ4v) is 1.42. The standard InChI is InChI=1S/C12H18N2O/c1-10(9-14(2)3)12(15)13-11-7-5-4-6-8-11/h4-8,10H,9H2,1-3H3,(H,13,15). The van der Waals surface area contributed by atoms with Crippen LogP contribution in [-0.2, 0) is 4.79 Å². The molecule has 0 radical (unpaired) electrons. The molecule has 0 bridgehead atoms. The van der Waals surface area contributed by atoms with E-state index in [2.05, 4.69) is 5.32 Å². The molecule has 0 aromatic heterocycles. The van der Waals surface area contributed by atoms with E-state index >= 15 is 0 Å². The van der Waals surface area contributed by atoms with Crippen molar-refractivity contribution in [2.45, 2.75) is 6.92 Å². The summed E-state index contributed by atoms with van der Waals surface area (Å²) in [6.45, 7) is 2.69. The Balaban J connectivity index is 2.49. The minimum Gasteiger partial charge on any atom is -0.326 e. The quantitative estimate of drug-likeness (QED) is 0.815. The maximum Gasteiger partial charge on any atom is 0.228 e. The van der Waals surface area contributed by atoms with Crippen molar-refractivity contribution in [3.63, 3.8) is 0 Å². The summed E-state index contributed by atoms with van der Waals surface area (Å²) in [5.74, 6) is 0.0649. The summed E-state index contributed by atoms with van der Waals surface area (Å²) in [7, 11) is 3.93. The zero-order chi connectivity index (χ0) is 11.3. The lowest BCUT2D eigenvalue weighted by atomic mass is 10.1. The fourth-order valence-electron chi connectivity index (χ4n) is 1.42. The van der Waals surface area contributed by atoms with Crippen LogP contribution in [0.2, 0.25) is 0 Å². The molecule has 1 unspecified atom stereocenters. The zero-order valence-electron chi connectivity index (χ0n) is 9.53. The Morgan fingerprint density at radius 3 is 2.47 bits per heavy atom. The number of carbonyl (C=O) groups is 1. The predicted molar refractivity (Wildman–Crippen MR) is 62.8 cm³/mol. The van der Waals surface area contributed by atoms with E-state index < -0.39 is 0 Å². The lowest BCUT2D eigenvalue weighted by molar-refractivity contribution is -0.119. The van der Waals surface area contributed by atoms with Gasteiger partial charge in [-0.05, 0) is 26.2 Å². The number of nitrogens with one attached hydrogen (secondary N) is 1. The van der Waals surface area contributed by atoms with Gasteiger partial charge in [0.25, 0.3) is 0 Å². The largest absolute Gasteiger partial charge is 0.326 e. The molecule has 82 valence electrons. The molecule has 0 saturated carbocycles. The van der Waals surface area contributed by atoms with Crippen molar-refractivity contribution in [3.05, 3.63) is 30.3 Å². The number of hydrogen-bond donors (Lipinski definition) is 1. The zero-order valence-corrected chi connectivity index (χ0v) is 9.53. The number of amides is 1. The fraction of sp³-hybridized carbons (Fsp3) is 0.417. The Morgan fingerprint density at radius 1 is 1.33 bits per heavy atom. The smallest absolute Gasteiger partial charge is 0.228 e. The molecule has 1 aromatic carbocycles. The molecule has 0 saturated heterocycles. The number of hydrogen-bond acceptors (Lipinski definition) is 2. The molecule has 3 heteroatoms. The van der Waals surface area contributed by atoms with Gasteiger partial charge in [-0.3, -0.25) is 4.79 Å². The molecule has 1 N–H and O–H groups in total. The Kier molecular flexibility index (Phi) is 4.31.